The summed E-state index contributed by atoms with van der Waals surface area (Å²) in [5.41, 5.74) is -0.531. The molecule has 1 aliphatic carbocycles. The summed E-state index contributed by atoms with van der Waals surface area (Å²) in [4.78, 5) is 25.7. The monoisotopic (exact) mass is 286 g/mol. The van der Waals surface area contributed by atoms with Crippen LogP contribution < -0.4 is 5.32 Å². The van der Waals surface area contributed by atoms with Crippen LogP contribution in [-0.4, -0.2) is 46.2 Å². The van der Waals surface area contributed by atoms with Crippen LogP contribution in [0.5, 0.6) is 0 Å². The third-order valence-electron chi connectivity index (χ3n) is 3.25. The molecule has 1 saturated heterocycles. The number of rotatable bonds is 2. The number of carbonyl (C=O) groups is 2. The molecule has 2 amide bonds. The van der Waals surface area contributed by atoms with Gasteiger partial charge in [-0.1, -0.05) is 6.92 Å². The Hall–Kier alpha value is -0.910. The predicted octanol–water partition coefficient (Wildman–Crippen LogP) is 1.82. The van der Waals surface area contributed by atoms with Gasteiger partial charge in [-0.05, 0) is 33.1 Å². The van der Waals surface area contributed by atoms with Crippen LogP contribution in [-0.2, 0) is 9.53 Å². The molecule has 5 nitrogen and oxygen atoms in total. The first-order chi connectivity index (χ1) is 8.78. The minimum atomic E-state index is -0.531. The molecule has 0 bridgehead atoms. The zero-order chi connectivity index (χ0) is 14.2. The maximum absolute atomic E-state index is 12.1. The summed E-state index contributed by atoms with van der Waals surface area (Å²) < 4.78 is 5.34. The lowest BCUT2D eigenvalue weighted by Gasteiger charge is -2.27. The Kier molecular flexibility index (Phi) is 3.99. The summed E-state index contributed by atoms with van der Waals surface area (Å²) in [6.07, 6.45) is 0.638. The second-order valence-corrected chi connectivity index (χ2v) is 7.29. The fourth-order valence-electron chi connectivity index (χ4n) is 1.96. The van der Waals surface area contributed by atoms with Gasteiger partial charge in [0.2, 0.25) is 5.91 Å². The molecule has 1 heterocycles. The first-order valence-electron chi connectivity index (χ1n) is 6.65. The molecule has 2 fully saturated rings. The van der Waals surface area contributed by atoms with Crippen LogP contribution in [0.3, 0.4) is 0 Å². The fourth-order valence-corrected chi connectivity index (χ4v) is 3.10. The highest BCUT2D eigenvalue weighted by molar-refractivity contribution is 7.99. The smallest absolute Gasteiger partial charge is 0.411 e. The molecule has 3 atom stereocenters. The van der Waals surface area contributed by atoms with Gasteiger partial charge >= 0.3 is 6.09 Å². The van der Waals surface area contributed by atoms with E-state index in [9.17, 15) is 9.59 Å². The lowest BCUT2D eigenvalue weighted by atomic mass is 10.2. The lowest BCUT2D eigenvalue weighted by Crippen LogP contribution is -2.49. The number of hydrogen-bond donors (Lipinski definition) is 1. The van der Waals surface area contributed by atoms with Crippen molar-refractivity contribution in [2.75, 3.05) is 11.6 Å². The summed E-state index contributed by atoms with van der Waals surface area (Å²) in [5, 5.41) is 2.99. The molecule has 0 aromatic carbocycles. The number of nitrogens with one attached hydrogen (secondary N) is 1. The van der Waals surface area contributed by atoms with Crippen molar-refractivity contribution in [2.45, 2.75) is 51.8 Å². The standard InChI is InChI=1S/C13H22N2O3S/c1-8-5-9(8)14-11(16)10-6-19-7-15(10)12(17)18-13(2,3)4/h8-10H,5-7H2,1-4H3,(H,14,16)/t8-,9-,10+/m0/s1. The molecule has 1 N–H and O–H groups in total. The van der Waals surface area contributed by atoms with Crippen LogP contribution in [0, 0.1) is 5.92 Å². The van der Waals surface area contributed by atoms with Gasteiger partial charge < -0.3 is 10.1 Å². The van der Waals surface area contributed by atoms with E-state index in [2.05, 4.69) is 12.2 Å². The zero-order valence-corrected chi connectivity index (χ0v) is 12.8. The molecule has 0 spiro atoms. The second-order valence-electron chi connectivity index (χ2n) is 6.29. The largest absolute Gasteiger partial charge is 0.444 e. The van der Waals surface area contributed by atoms with E-state index in [0.717, 1.165) is 6.42 Å². The van der Waals surface area contributed by atoms with E-state index in [1.54, 1.807) is 11.8 Å². The van der Waals surface area contributed by atoms with Crippen LogP contribution in [0.15, 0.2) is 0 Å². The van der Waals surface area contributed by atoms with E-state index in [1.165, 1.54) is 4.90 Å². The van der Waals surface area contributed by atoms with E-state index in [0.29, 0.717) is 23.6 Å². The highest BCUT2D eigenvalue weighted by Gasteiger charge is 2.41. The normalized spacial score (nSPS) is 30.1. The van der Waals surface area contributed by atoms with Crippen molar-refractivity contribution < 1.29 is 14.3 Å². The Morgan fingerprint density at radius 2 is 2.00 bits per heavy atom. The molecule has 0 radical (unpaired) electrons. The molecule has 0 unspecified atom stereocenters. The second kappa shape index (κ2) is 5.23. The van der Waals surface area contributed by atoms with Crippen molar-refractivity contribution in [3.63, 3.8) is 0 Å². The first-order valence-corrected chi connectivity index (χ1v) is 7.81. The Morgan fingerprint density at radius 3 is 2.53 bits per heavy atom. The highest BCUT2D eigenvalue weighted by Crippen LogP contribution is 2.30. The van der Waals surface area contributed by atoms with Gasteiger partial charge in [-0.2, -0.15) is 0 Å². The average Bonchev–Trinajstić information content (AvgIpc) is 2.81. The van der Waals surface area contributed by atoms with Gasteiger partial charge in [-0.25, -0.2) is 4.79 Å². The summed E-state index contributed by atoms with van der Waals surface area (Å²) in [5.74, 6) is 1.68. The van der Waals surface area contributed by atoms with Crippen molar-refractivity contribution >= 4 is 23.8 Å². The van der Waals surface area contributed by atoms with Crippen LogP contribution in [0.2, 0.25) is 0 Å². The molecular formula is C13H22N2O3S. The molecular weight excluding hydrogens is 264 g/mol. The molecule has 1 saturated carbocycles. The minimum absolute atomic E-state index is 0.0507. The van der Waals surface area contributed by atoms with Gasteiger partial charge in [0.1, 0.15) is 11.6 Å². The van der Waals surface area contributed by atoms with Crippen molar-refractivity contribution in [1.29, 1.82) is 0 Å². The molecule has 1 aliphatic heterocycles. The van der Waals surface area contributed by atoms with E-state index < -0.39 is 17.7 Å². The Morgan fingerprint density at radius 1 is 1.37 bits per heavy atom. The molecule has 19 heavy (non-hydrogen) atoms. The zero-order valence-electron chi connectivity index (χ0n) is 11.9. The lowest BCUT2D eigenvalue weighted by molar-refractivity contribution is -0.125. The fraction of sp³-hybridized carbons (Fsp3) is 0.846. The van der Waals surface area contributed by atoms with Crippen molar-refractivity contribution in [1.82, 2.24) is 10.2 Å². The number of amides is 2. The summed E-state index contributed by atoms with van der Waals surface area (Å²) in [6, 6.07) is -0.105. The van der Waals surface area contributed by atoms with Crippen LogP contribution >= 0.6 is 11.8 Å². The molecule has 0 aromatic rings. The van der Waals surface area contributed by atoms with Gasteiger partial charge in [-0.3, -0.25) is 9.69 Å². The number of nitrogens with zero attached hydrogens (tertiary/aromatic N) is 1. The third-order valence-corrected chi connectivity index (χ3v) is 4.26. The number of ether oxygens (including phenoxy) is 1. The SMILES string of the molecule is C[C@H]1C[C@@H]1NC(=O)[C@H]1CSCN1C(=O)OC(C)(C)C. The molecule has 0 aromatic heterocycles. The number of hydrogen-bond acceptors (Lipinski definition) is 4. The summed E-state index contributed by atoms with van der Waals surface area (Å²) in [6.45, 7) is 7.60. The van der Waals surface area contributed by atoms with E-state index in [-0.39, 0.29) is 5.91 Å². The van der Waals surface area contributed by atoms with Gasteiger partial charge in [-0.15, -0.1) is 11.8 Å². The van der Waals surface area contributed by atoms with E-state index in [4.69, 9.17) is 4.74 Å². The third kappa shape index (κ3) is 3.78. The average molecular weight is 286 g/mol. The van der Waals surface area contributed by atoms with Gasteiger partial charge in [0.25, 0.3) is 0 Å². The van der Waals surface area contributed by atoms with Gasteiger partial charge in [0, 0.05) is 11.8 Å². The molecule has 6 heteroatoms. The summed E-state index contributed by atoms with van der Waals surface area (Å²) >= 11 is 1.59. The quantitative estimate of drug-likeness (QED) is 0.841. The van der Waals surface area contributed by atoms with Crippen LogP contribution in [0.25, 0.3) is 0 Å². The molecule has 108 valence electrons. The van der Waals surface area contributed by atoms with Crippen molar-refractivity contribution in [2.24, 2.45) is 5.92 Å². The summed E-state index contributed by atoms with van der Waals surface area (Å²) in [7, 11) is 0. The Bertz CT molecular complexity index is 381. The van der Waals surface area contributed by atoms with Crippen LogP contribution in [0.1, 0.15) is 34.1 Å². The topological polar surface area (TPSA) is 58.6 Å². The maximum Gasteiger partial charge on any atom is 0.411 e. The molecule has 2 aliphatic rings. The van der Waals surface area contributed by atoms with Crippen molar-refractivity contribution in [3.05, 3.63) is 0 Å². The van der Waals surface area contributed by atoms with Crippen molar-refractivity contribution in [3.8, 4) is 0 Å². The Labute approximate surface area is 118 Å². The van der Waals surface area contributed by atoms with Crippen LogP contribution in [0.4, 0.5) is 4.79 Å². The van der Waals surface area contributed by atoms with E-state index in [1.807, 2.05) is 20.8 Å². The molecule has 2 rings (SSSR count). The minimum Gasteiger partial charge on any atom is -0.444 e. The maximum atomic E-state index is 12.1. The first kappa shape index (κ1) is 14.5. The van der Waals surface area contributed by atoms with E-state index >= 15 is 0 Å². The number of thioether (sulfide) groups is 1. The number of carbonyl (C=O) groups excluding carboxylic acids is 2. The highest BCUT2D eigenvalue weighted by atomic mass is 32.2. The Balaban J connectivity index is 1.92. The predicted molar refractivity (Wildman–Crippen MR) is 74.9 cm³/mol. The van der Waals surface area contributed by atoms with Gasteiger partial charge in [0.15, 0.2) is 0 Å². The van der Waals surface area contributed by atoms with Gasteiger partial charge in [0.05, 0.1) is 5.88 Å².